The fraction of sp³-hybridized carbons (Fsp3) is 0.842. The summed E-state index contributed by atoms with van der Waals surface area (Å²) in [5.41, 5.74) is -0.644. The van der Waals surface area contributed by atoms with Crippen molar-refractivity contribution in [2.45, 2.75) is 65.0 Å². The molecule has 0 aromatic heterocycles. The maximum atomic E-state index is 10.7. The molecule has 0 saturated heterocycles. The number of rotatable bonds is 11. The molecule has 0 aliphatic rings. The van der Waals surface area contributed by atoms with Crippen LogP contribution >= 0.6 is 0 Å². The summed E-state index contributed by atoms with van der Waals surface area (Å²) in [4.78, 5) is 10.7. The fourth-order valence-corrected chi connectivity index (χ4v) is 3.11. The van der Waals surface area contributed by atoms with Crippen molar-refractivity contribution in [2.75, 3.05) is 34.4 Å². The quantitative estimate of drug-likeness (QED) is 0.234. The molecule has 0 aromatic carbocycles. The van der Waals surface area contributed by atoms with Gasteiger partial charge >= 0.3 is 0 Å². The van der Waals surface area contributed by atoms with E-state index in [0.29, 0.717) is 12.9 Å². The molecule has 0 aliphatic heterocycles. The van der Waals surface area contributed by atoms with Gasteiger partial charge in [-0.25, -0.2) is 0 Å². The van der Waals surface area contributed by atoms with Gasteiger partial charge in [-0.3, -0.25) is 4.79 Å². The van der Waals surface area contributed by atoms with Crippen molar-refractivity contribution in [1.29, 1.82) is 0 Å². The van der Waals surface area contributed by atoms with Crippen LogP contribution in [0.5, 0.6) is 0 Å². The van der Waals surface area contributed by atoms with E-state index >= 15 is 0 Å². The molecule has 6 nitrogen and oxygen atoms in total. The lowest BCUT2D eigenvalue weighted by Gasteiger charge is -2.40. The predicted molar refractivity (Wildman–Crippen MR) is 104 cm³/mol. The first-order valence-corrected chi connectivity index (χ1v) is 11.6. The van der Waals surface area contributed by atoms with Gasteiger partial charge in [0.2, 0.25) is 0 Å². The van der Waals surface area contributed by atoms with Gasteiger partial charge in [0.15, 0.2) is 14.6 Å². The highest BCUT2D eigenvalue weighted by atomic mass is 28.4. The van der Waals surface area contributed by atoms with Crippen LogP contribution in [-0.2, 0) is 28.2 Å². The van der Waals surface area contributed by atoms with Crippen molar-refractivity contribution in [3.8, 4) is 11.8 Å². The lowest BCUT2D eigenvalue weighted by atomic mass is 9.84. The number of carbonyl (C=O) groups excluding carboxylic acids is 1. The van der Waals surface area contributed by atoms with Crippen molar-refractivity contribution in [3.05, 3.63) is 0 Å². The average molecular weight is 389 g/mol. The van der Waals surface area contributed by atoms with Crippen LogP contribution in [0.25, 0.3) is 0 Å². The number of hydrogen-bond acceptors (Lipinski definition) is 6. The molecule has 0 saturated carbocycles. The van der Waals surface area contributed by atoms with E-state index in [4.69, 9.17) is 23.4 Å². The number of methoxy groups -OCH3 is 2. The molecule has 0 fully saturated rings. The normalized spacial score (nSPS) is 15.1. The van der Waals surface area contributed by atoms with E-state index in [1.807, 2.05) is 13.8 Å². The largest absolute Gasteiger partial charge is 0.414 e. The third-order valence-corrected chi connectivity index (χ3v) is 9.18. The molecule has 0 N–H and O–H groups in total. The topological polar surface area (TPSA) is 63.2 Å². The predicted octanol–water partition coefficient (Wildman–Crippen LogP) is 3.21. The van der Waals surface area contributed by atoms with Crippen molar-refractivity contribution in [3.63, 3.8) is 0 Å². The minimum absolute atomic E-state index is 0.0779. The van der Waals surface area contributed by atoms with Crippen LogP contribution in [0.1, 0.15) is 34.6 Å². The summed E-state index contributed by atoms with van der Waals surface area (Å²) in [5.74, 6) is 5.42. The SMILES string of the molecule is COCO[C@H](CO[Si](C)(C)C(C)(C)C)[C@H](OCOC)C(C)(C)C#CC=O. The summed E-state index contributed by atoms with van der Waals surface area (Å²) in [6.07, 6.45) is -0.309. The Kier molecular flexibility index (Phi) is 10.8. The second kappa shape index (κ2) is 11.2. The molecule has 7 heteroatoms. The lowest BCUT2D eigenvalue weighted by molar-refractivity contribution is -0.186. The molecule has 152 valence electrons. The van der Waals surface area contributed by atoms with E-state index in [0.717, 1.165) is 0 Å². The maximum Gasteiger partial charge on any atom is 0.192 e. The zero-order chi connectivity index (χ0) is 20.4. The van der Waals surface area contributed by atoms with Gasteiger partial charge < -0.3 is 23.4 Å². The Morgan fingerprint density at radius 3 is 2.00 bits per heavy atom. The molecule has 26 heavy (non-hydrogen) atoms. The smallest absolute Gasteiger partial charge is 0.192 e. The third kappa shape index (κ3) is 8.29. The van der Waals surface area contributed by atoms with E-state index in [9.17, 15) is 4.79 Å². The molecule has 2 atom stereocenters. The van der Waals surface area contributed by atoms with Crippen LogP contribution in [0.2, 0.25) is 18.1 Å². The van der Waals surface area contributed by atoms with Crippen LogP contribution in [0.4, 0.5) is 0 Å². The minimum atomic E-state index is -1.97. The molecule has 0 bridgehead atoms. The highest BCUT2D eigenvalue weighted by molar-refractivity contribution is 6.74. The van der Waals surface area contributed by atoms with Gasteiger partial charge in [-0.1, -0.05) is 26.7 Å². The van der Waals surface area contributed by atoms with Crippen LogP contribution in [0.15, 0.2) is 0 Å². The first-order valence-electron chi connectivity index (χ1n) is 8.74. The zero-order valence-corrected chi connectivity index (χ0v) is 18.8. The molecular weight excluding hydrogens is 352 g/mol. The summed E-state index contributed by atoms with van der Waals surface area (Å²) in [6, 6.07) is 0. The second-order valence-corrected chi connectivity index (χ2v) is 13.1. The van der Waals surface area contributed by atoms with E-state index in [-0.39, 0.29) is 18.6 Å². The summed E-state index contributed by atoms with van der Waals surface area (Å²) in [7, 11) is 1.15. The Bertz CT molecular complexity index is 473. The van der Waals surface area contributed by atoms with E-state index in [1.165, 1.54) is 0 Å². The van der Waals surface area contributed by atoms with Crippen LogP contribution < -0.4 is 0 Å². The average Bonchev–Trinajstić information content (AvgIpc) is 2.53. The molecular formula is C19H36O6Si. The van der Waals surface area contributed by atoms with Gasteiger partial charge in [0.25, 0.3) is 0 Å². The summed E-state index contributed by atoms with van der Waals surface area (Å²) in [5, 5.41) is 0.0779. The summed E-state index contributed by atoms with van der Waals surface area (Å²) in [6.45, 7) is 15.3. The number of ether oxygens (including phenoxy) is 4. The highest BCUT2D eigenvalue weighted by Crippen LogP contribution is 2.37. The van der Waals surface area contributed by atoms with Crippen molar-refractivity contribution in [2.24, 2.45) is 5.41 Å². The Morgan fingerprint density at radius 1 is 1.00 bits per heavy atom. The molecule has 0 spiro atoms. The van der Waals surface area contributed by atoms with E-state index in [1.54, 1.807) is 14.2 Å². The van der Waals surface area contributed by atoms with Gasteiger partial charge in [-0.05, 0) is 37.9 Å². The zero-order valence-electron chi connectivity index (χ0n) is 17.8. The van der Waals surface area contributed by atoms with Crippen LogP contribution in [-0.4, -0.2) is 61.2 Å². The van der Waals surface area contributed by atoms with Crippen LogP contribution in [0.3, 0.4) is 0 Å². The van der Waals surface area contributed by atoms with Crippen LogP contribution in [0, 0.1) is 17.3 Å². The van der Waals surface area contributed by atoms with Crippen molar-refractivity contribution >= 4 is 14.6 Å². The van der Waals surface area contributed by atoms with Crippen molar-refractivity contribution < 1.29 is 28.2 Å². The fourth-order valence-electron chi connectivity index (χ4n) is 2.09. The Labute approximate surface area is 160 Å². The lowest BCUT2D eigenvalue weighted by Crippen LogP contribution is -2.49. The maximum absolute atomic E-state index is 10.7. The monoisotopic (exact) mass is 388 g/mol. The Morgan fingerprint density at radius 2 is 1.54 bits per heavy atom. The van der Waals surface area contributed by atoms with Gasteiger partial charge in [0.1, 0.15) is 25.8 Å². The van der Waals surface area contributed by atoms with Gasteiger partial charge in [-0.2, -0.15) is 0 Å². The molecule has 0 heterocycles. The minimum Gasteiger partial charge on any atom is -0.414 e. The van der Waals surface area contributed by atoms with Gasteiger partial charge in [0, 0.05) is 14.2 Å². The second-order valence-electron chi connectivity index (χ2n) is 8.29. The molecule has 0 unspecified atom stereocenters. The van der Waals surface area contributed by atoms with E-state index < -0.39 is 25.9 Å². The first-order chi connectivity index (χ1) is 11.9. The first kappa shape index (κ1) is 25.2. The third-order valence-electron chi connectivity index (χ3n) is 4.68. The molecule has 0 rings (SSSR count). The molecule has 0 aromatic rings. The Balaban J connectivity index is 5.52. The van der Waals surface area contributed by atoms with E-state index in [2.05, 4.69) is 45.7 Å². The molecule has 0 aliphatic carbocycles. The van der Waals surface area contributed by atoms with Gasteiger partial charge in [0.05, 0.1) is 12.0 Å². The Hall–Kier alpha value is -0.753. The summed E-state index contributed by atoms with van der Waals surface area (Å²) < 4.78 is 28.2. The number of aldehydes is 1. The number of hydrogen-bond donors (Lipinski definition) is 0. The summed E-state index contributed by atoms with van der Waals surface area (Å²) >= 11 is 0. The van der Waals surface area contributed by atoms with Gasteiger partial charge in [-0.15, -0.1) is 0 Å². The van der Waals surface area contributed by atoms with Crippen molar-refractivity contribution in [1.82, 2.24) is 0 Å². The molecule has 0 radical (unpaired) electrons. The highest BCUT2D eigenvalue weighted by Gasteiger charge is 2.41. The molecule has 0 amide bonds. The standard InChI is InChI=1S/C19H36O6Si/c1-18(2,3)26(8,9)25-13-16(23-14-21-6)17(24-15-22-7)19(4,5)11-10-12-20/h12,16-17H,13-15H2,1-9H3/t16-,17+/m1/s1. The number of carbonyl (C=O) groups is 1.